The first-order valence-corrected chi connectivity index (χ1v) is 18.4. The SMILES string of the molecule is COCCCOC(=O)Nc1ccc(Cc2ccc(NC(=O)OCC(CO)(CO)COC(=O)Nc3ccc(Cc4ccc(NC(=O)OCCOC)cc4)cc3)cc2)cc1. The monoisotopic (exact) mass is 802 g/mol. The van der Waals surface area contributed by atoms with Crippen LogP contribution in [0.5, 0.6) is 0 Å². The van der Waals surface area contributed by atoms with Crippen LogP contribution in [0.4, 0.5) is 41.9 Å². The van der Waals surface area contributed by atoms with Gasteiger partial charge in [-0.15, -0.1) is 0 Å². The predicted octanol–water partition coefficient (Wildman–Crippen LogP) is 6.42. The van der Waals surface area contributed by atoms with Gasteiger partial charge in [-0.25, -0.2) is 19.2 Å². The Labute approximate surface area is 336 Å². The van der Waals surface area contributed by atoms with Crippen molar-refractivity contribution >= 4 is 47.1 Å². The van der Waals surface area contributed by atoms with Crippen LogP contribution in [-0.4, -0.2) is 102 Å². The van der Waals surface area contributed by atoms with Crippen LogP contribution in [0.2, 0.25) is 0 Å². The van der Waals surface area contributed by atoms with Crippen LogP contribution in [0, 0.1) is 5.41 Å². The summed E-state index contributed by atoms with van der Waals surface area (Å²) in [6, 6.07) is 28.9. The molecule has 0 heterocycles. The van der Waals surface area contributed by atoms with Crippen molar-refractivity contribution in [2.75, 3.05) is 88.3 Å². The number of carbonyl (C=O) groups excluding carboxylic acids is 4. The molecule has 0 aliphatic heterocycles. The zero-order valence-corrected chi connectivity index (χ0v) is 32.5. The molecule has 4 aromatic carbocycles. The molecule has 16 nitrogen and oxygen atoms in total. The van der Waals surface area contributed by atoms with Gasteiger partial charge < -0.3 is 38.6 Å². The topological polar surface area (TPSA) is 212 Å². The lowest BCUT2D eigenvalue weighted by molar-refractivity contribution is -0.0378. The Morgan fingerprint density at radius 3 is 1.07 bits per heavy atom. The Hall–Kier alpha value is -6.20. The summed E-state index contributed by atoms with van der Waals surface area (Å²) in [5, 5.41) is 30.6. The zero-order chi connectivity index (χ0) is 41.6. The number of amides is 4. The van der Waals surface area contributed by atoms with Gasteiger partial charge in [0.25, 0.3) is 0 Å². The van der Waals surface area contributed by atoms with E-state index < -0.39 is 56.2 Å². The third-order valence-corrected chi connectivity index (χ3v) is 8.55. The number of hydrogen-bond donors (Lipinski definition) is 6. The van der Waals surface area contributed by atoms with Crippen LogP contribution >= 0.6 is 0 Å². The molecule has 0 aliphatic rings. The molecule has 0 aromatic heterocycles. The fourth-order valence-electron chi connectivity index (χ4n) is 5.21. The molecule has 0 spiro atoms. The van der Waals surface area contributed by atoms with Crippen molar-refractivity contribution in [2.45, 2.75) is 19.3 Å². The van der Waals surface area contributed by atoms with Crippen LogP contribution < -0.4 is 21.3 Å². The van der Waals surface area contributed by atoms with E-state index in [4.69, 9.17) is 28.4 Å². The third kappa shape index (κ3) is 15.7. The maximum absolute atomic E-state index is 12.6. The van der Waals surface area contributed by atoms with Crippen molar-refractivity contribution in [3.63, 3.8) is 0 Å². The quantitative estimate of drug-likeness (QED) is 0.0398. The molecular formula is C42H50N4O12. The largest absolute Gasteiger partial charge is 0.449 e. The lowest BCUT2D eigenvalue weighted by Gasteiger charge is -2.28. The number of carbonyl (C=O) groups is 4. The van der Waals surface area contributed by atoms with E-state index in [0.29, 0.717) is 55.2 Å². The van der Waals surface area contributed by atoms with Crippen LogP contribution in [-0.2, 0) is 41.3 Å². The number of aliphatic hydroxyl groups excluding tert-OH is 2. The number of anilines is 4. The highest BCUT2D eigenvalue weighted by Gasteiger charge is 2.33. The van der Waals surface area contributed by atoms with Crippen LogP contribution in [0.1, 0.15) is 28.7 Å². The van der Waals surface area contributed by atoms with Crippen molar-refractivity contribution in [3.05, 3.63) is 119 Å². The molecule has 0 radical (unpaired) electrons. The predicted molar refractivity (Wildman–Crippen MR) is 216 cm³/mol. The molecule has 0 aliphatic carbocycles. The van der Waals surface area contributed by atoms with E-state index in [1.54, 1.807) is 55.6 Å². The molecule has 0 unspecified atom stereocenters. The van der Waals surface area contributed by atoms with E-state index in [-0.39, 0.29) is 13.2 Å². The fraction of sp³-hybridized carbons (Fsp3) is 0.333. The second kappa shape index (κ2) is 23.8. The summed E-state index contributed by atoms with van der Waals surface area (Å²) in [5.41, 5.74) is 4.61. The standard InChI is InChI=1S/C42H50N4O12/c1-53-20-3-21-55-38(49)43-34-12-4-30(5-13-34)24-32-8-16-36(17-9-32)45-40(51)57-28-42(26-47,27-48)29-58-41(52)46-37-18-10-33(11-19-37)25-31-6-14-35(15-7-31)44-39(50)56-23-22-54-2/h4-19,47-48H,3,20-29H2,1-2H3,(H,43,49)(H,44,50)(H,45,51)(H,46,52). The highest BCUT2D eigenvalue weighted by Crippen LogP contribution is 2.21. The normalized spacial score (nSPS) is 10.9. The smallest absolute Gasteiger partial charge is 0.411 e. The van der Waals surface area contributed by atoms with Gasteiger partial charge in [-0.05, 0) is 83.6 Å². The number of ether oxygens (including phenoxy) is 6. The van der Waals surface area contributed by atoms with Gasteiger partial charge in [0.05, 0.1) is 31.8 Å². The summed E-state index contributed by atoms with van der Waals surface area (Å²) in [7, 11) is 3.11. The lowest BCUT2D eigenvalue weighted by Crippen LogP contribution is -2.42. The second-order valence-electron chi connectivity index (χ2n) is 13.2. The van der Waals surface area contributed by atoms with Crippen LogP contribution in [0.15, 0.2) is 97.1 Å². The first-order valence-electron chi connectivity index (χ1n) is 18.4. The number of benzene rings is 4. The maximum atomic E-state index is 12.6. The Kier molecular flexibility index (Phi) is 18.2. The minimum absolute atomic E-state index is 0.155. The fourth-order valence-corrected chi connectivity index (χ4v) is 5.21. The van der Waals surface area contributed by atoms with Crippen molar-refractivity contribution in [3.8, 4) is 0 Å². The van der Waals surface area contributed by atoms with Gasteiger partial charge in [-0.3, -0.25) is 21.3 Å². The molecule has 16 heteroatoms. The molecule has 310 valence electrons. The molecule has 6 N–H and O–H groups in total. The minimum Gasteiger partial charge on any atom is -0.449 e. The molecular weight excluding hydrogens is 752 g/mol. The molecule has 0 atom stereocenters. The van der Waals surface area contributed by atoms with Gasteiger partial charge in [0.1, 0.15) is 19.8 Å². The number of rotatable bonds is 21. The van der Waals surface area contributed by atoms with Crippen molar-refractivity contribution in [1.29, 1.82) is 0 Å². The Morgan fingerprint density at radius 1 is 0.448 bits per heavy atom. The summed E-state index contributed by atoms with van der Waals surface area (Å²) in [6.07, 6.45) is -0.930. The van der Waals surface area contributed by atoms with E-state index in [2.05, 4.69) is 21.3 Å². The van der Waals surface area contributed by atoms with E-state index in [0.717, 1.165) is 22.3 Å². The first kappa shape index (κ1) is 44.5. The summed E-state index contributed by atoms with van der Waals surface area (Å²) < 4.78 is 30.5. The average Bonchev–Trinajstić information content (AvgIpc) is 3.23. The Bertz CT molecular complexity index is 1870. The molecule has 4 rings (SSSR count). The van der Waals surface area contributed by atoms with Gasteiger partial charge in [-0.2, -0.15) is 0 Å². The third-order valence-electron chi connectivity index (χ3n) is 8.55. The molecule has 0 bridgehead atoms. The Morgan fingerprint density at radius 2 is 0.759 bits per heavy atom. The van der Waals surface area contributed by atoms with E-state index in [1.807, 2.05) is 48.5 Å². The van der Waals surface area contributed by atoms with Gasteiger partial charge in [-0.1, -0.05) is 48.5 Å². The minimum atomic E-state index is -1.45. The number of nitrogens with one attached hydrogen (secondary N) is 4. The molecule has 4 aromatic rings. The van der Waals surface area contributed by atoms with E-state index in [9.17, 15) is 29.4 Å². The van der Waals surface area contributed by atoms with E-state index in [1.165, 1.54) is 7.11 Å². The van der Waals surface area contributed by atoms with Gasteiger partial charge in [0, 0.05) is 50.0 Å². The van der Waals surface area contributed by atoms with Crippen molar-refractivity contribution in [1.82, 2.24) is 0 Å². The maximum Gasteiger partial charge on any atom is 0.411 e. The highest BCUT2D eigenvalue weighted by molar-refractivity contribution is 5.86. The molecule has 0 saturated carbocycles. The molecule has 0 fully saturated rings. The van der Waals surface area contributed by atoms with Gasteiger partial charge >= 0.3 is 24.4 Å². The van der Waals surface area contributed by atoms with Crippen molar-refractivity contribution < 1.29 is 57.8 Å². The summed E-state index contributed by atoms with van der Waals surface area (Å²) in [6.45, 7) is -0.878. The first-order chi connectivity index (χ1) is 28.1. The van der Waals surface area contributed by atoms with Gasteiger partial charge in [0.15, 0.2) is 0 Å². The van der Waals surface area contributed by atoms with E-state index >= 15 is 0 Å². The van der Waals surface area contributed by atoms with Crippen LogP contribution in [0.3, 0.4) is 0 Å². The number of methoxy groups -OCH3 is 2. The highest BCUT2D eigenvalue weighted by atomic mass is 16.6. The summed E-state index contributed by atoms with van der Waals surface area (Å²) in [4.78, 5) is 48.9. The van der Waals surface area contributed by atoms with Crippen LogP contribution in [0.25, 0.3) is 0 Å². The molecule has 58 heavy (non-hydrogen) atoms. The molecule has 0 saturated heterocycles. The number of aliphatic hydroxyl groups is 2. The summed E-state index contributed by atoms with van der Waals surface area (Å²) >= 11 is 0. The zero-order valence-electron chi connectivity index (χ0n) is 32.5. The second-order valence-corrected chi connectivity index (χ2v) is 13.2. The summed E-state index contributed by atoms with van der Waals surface area (Å²) in [5.74, 6) is 0. The Balaban J connectivity index is 1.16. The molecule has 4 amide bonds. The number of hydrogen-bond acceptors (Lipinski definition) is 12. The average molecular weight is 803 g/mol. The van der Waals surface area contributed by atoms with Crippen molar-refractivity contribution in [2.24, 2.45) is 5.41 Å². The van der Waals surface area contributed by atoms with Gasteiger partial charge in [0.2, 0.25) is 0 Å². The lowest BCUT2D eigenvalue weighted by atomic mass is 9.92.